The van der Waals surface area contributed by atoms with E-state index in [1.54, 1.807) is 36.9 Å². The van der Waals surface area contributed by atoms with Gasteiger partial charge in [-0.15, -0.1) is 0 Å². The maximum atomic E-state index is 12.6. The number of amides is 3. The van der Waals surface area contributed by atoms with Gasteiger partial charge in [0.05, 0.1) is 16.6 Å². The number of nitrogens with two attached hydrogens (primary N) is 1. The van der Waals surface area contributed by atoms with Crippen molar-refractivity contribution >= 4 is 34.3 Å². The molecule has 3 aromatic rings. The Labute approximate surface area is 263 Å². The lowest BCUT2D eigenvalue weighted by molar-refractivity contribution is 0.0682. The second-order valence-corrected chi connectivity index (χ2v) is 13.0. The number of carbonyl (C=O) groups is 2. The highest BCUT2D eigenvalue weighted by atomic mass is 16.5. The van der Waals surface area contributed by atoms with Gasteiger partial charge in [0.15, 0.2) is 5.69 Å². The monoisotopic (exact) mass is 607 g/mol. The van der Waals surface area contributed by atoms with Gasteiger partial charge in [0, 0.05) is 40.5 Å². The molecule has 0 bridgehead atoms. The Morgan fingerprint density at radius 1 is 0.932 bits per heavy atom. The Kier molecular flexibility index (Phi) is 13.4. The second kappa shape index (κ2) is 17.0. The largest absolute Gasteiger partial charge is 0.365 e. The van der Waals surface area contributed by atoms with Gasteiger partial charge in [-0.05, 0) is 36.0 Å². The molecule has 3 amide bonds. The van der Waals surface area contributed by atoms with Crippen LogP contribution in [0.25, 0.3) is 10.9 Å². The Bertz CT molecular complexity index is 1350. The lowest BCUT2D eigenvalue weighted by atomic mass is 9.89. The standard InChI is InChI=1S/C34H53N7O3/c1-34(2,3)21-16-12-10-8-7-9-11-13-17-23-44-25-41-28-20-22-36-32(29(28)30(38-41)31(35)42)37-24-26-18-14-15-19-27(26)40(6)33(43)39(4)5/h14-15,18-20,22H,7-13,16-17,21,23-25H2,1-6H3,(H2,35,42)(H,36,37). The van der Waals surface area contributed by atoms with Crippen molar-refractivity contribution in [2.75, 3.05) is 38.0 Å². The first kappa shape index (κ1) is 34.8. The van der Waals surface area contributed by atoms with Crippen molar-refractivity contribution < 1.29 is 14.3 Å². The SMILES string of the molecule is CN(C)C(=O)N(C)c1ccccc1CNc1nccc2c1c(C(N)=O)nn2COCCCCCCCCCCCC(C)(C)C. The van der Waals surface area contributed by atoms with Crippen molar-refractivity contribution in [2.45, 2.75) is 98.3 Å². The van der Waals surface area contributed by atoms with Crippen LogP contribution in [0, 0.1) is 5.41 Å². The minimum absolute atomic E-state index is 0.132. The number of hydrogen-bond donors (Lipinski definition) is 2. The zero-order valence-corrected chi connectivity index (χ0v) is 27.7. The molecule has 242 valence electrons. The van der Waals surface area contributed by atoms with Crippen LogP contribution < -0.4 is 16.0 Å². The Balaban J connectivity index is 1.50. The molecule has 0 atom stereocenters. The molecule has 10 nitrogen and oxygen atoms in total. The number of urea groups is 1. The number of nitrogens with one attached hydrogen (secondary N) is 1. The number of rotatable bonds is 18. The van der Waals surface area contributed by atoms with E-state index in [9.17, 15) is 9.59 Å². The third kappa shape index (κ3) is 10.5. The molecule has 0 saturated carbocycles. The molecule has 3 N–H and O–H groups in total. The molecule has 0 spiro atoms. The lowest BCUT2D eigenvalue weighted by Crippen LogP contribution is -2.36. The molecule has 1 aromatic carbocycles. The Morgan fingerprint density at radius 3 is 2.20 bits per heavy atom. The summed E-state index contributed by atoms with van der Waals surface area (Å²) in [5.41, 5.74) is 8.71. The summed E-state index contributed by atoms with van der Waals surface area (Å²) in [6.07, 6.45) is 14.3. The van der Waals surface area contributed by atoms with Gasteiger partial charge in [-0.2, -0.15) is 5.10 Å². The number of carbonyl (C=O) groups excluding carboxylic acids is 2. The Morgan fingerprint density at radius 2 is 1.57 bits per heavy atom. The fourth-order valence-electron chi connectivity index (χ4n) is 5.35. The Hall–Kier alpha value is -3.66. The van der Waals surface area contributed by atoms with Crippen LogP contribution in [0.3, 0.4) is 0 Å². The van der Waals surface area contributed by atoms with Crippen molar-refractivity contribution in [1.29, 1.82) is 0 Å². The molecule has 0 saturated heterocycles. The van der Waals surface area contributed by atoms with E-state index in [4.69, 9.17) is 10.5 Å². The summed E-state index contributed by atoms with van der Waals surface area (Å²) in [7, 11) is 5.18. The van der Waals surface area contributed by atoms with Crippen LogP contribution >= 0.6 is 0 Å². The third-order valence-corrected chi connectivity index (χ3v) is 7.80. The normalized spacial score (nSPS) is 11.6. The highest BCUT2D eigenvalue weighted by molar-refractivity contribution is 6.08. The predicted octanol–water partition coefficient (Wildman–Crippen LogP) is 7.18. The zero-order chi connectivity index (χ0) is 32.1. The summed E-state index contributed by atoms with van der Waals surface area (Å²) in [4.78, 5) is 32.5. The summed E-state index contributed by atoms with van der Waals surface area (Å²) < 4.78 is 7.61. The van der Waals surface area contributed by atoms with Gasteiger partial charge >= 0.3 is 6.03 Å². The molecule has 0 aliphatic heterocycles. The number of para-hydroxylation sites is 1. The van der Waals surface area contributed by atoms with Gasteiger partial charge < -0.3 is 20.7 Å². The summed E-state index contributed by atoms with van der Waals surface area (Å²) in [5.74, 6) is -0.135. The number of benzene rings is 1. The number of aromatic nitrogens is 3. The van der Waals surface area contributed by atoms with Gasteiger partial charge in [0.2, 0.25) is 0 Å². The highest BCUT2D eigenvalue weighted by Gasteiger charge is 2.20. The fraction of sp³-hybridized carbons (Fsp3) is 0.588. The number of fused-ring (bicyclic) bond motifs is 1. The number of ether oxygens (including phenoxy) is 1. The smallest absolute Gasteiger partial charge is 0.323 e. The molecule has 0 aliphatic carbocycles. The van der Waals surface area contributed by atoms with E-state index < -0.39 is 5.91 Å². The van der Waals surface area contributed by atoms with Gasteiger partial charge in [-0.1, -0.05) is 90.3 Å². The summed E-state index contributed by atoms with van der Waals surface area (Å²) in [6, 6.07) is 9.33. The van der Waals surface area contributed by atoms with Crippen LogP contribution in [0.1, 0.15) is 101 Å². The number of unbranched alkanes of at least 4 members (excludes halogenated alkanes) is 8. The van der Waals surface area contributed by atoms with E-state index in [-0.39, 0.29) is 18.5 Å². The molecule has 3 rings (SSSR count). The van der Waals surface area contributed by atoms with E-state index in [0.29, 0.717) is 35.3 Å². The van der Waals surface area contributed by atoms with Crippen molar-refractivity contribution in [1.82, 2.24) is 19.7 Å². The molecular weight excluding hydrogens is 554 g/mol. The average molecular weight is 608 g/mol. The number of primary amides is 1. The first-order valence-corrected chi connectivity index (χ1v) is 16.0. The van der Waals surface area contributed by atoms with Crippen LogP contribution in [-0.4, -0.2) is 59.4 Å². The second-order valence-electron chi connectivity index (χ2n) is 13.0. The molecule has 10 heteroatoms. The lowest BCUT2D eigenvalue weighted by Gasteiger charge is -2.24. The number of hydrogen-bond acceptors (Lipinski definition) is 6. The molecule has 0 aliphatic rings. The van der Waals surface area contributed by atoms with Crippen LogP contribution in [-0.2, 0) is 18.0 Å². The maximum Gasteiger partial charge on any atom is 0.323 e. The zero-order valence-electron chi connectivity index (χ0n) is 27.7. The molecule has 2 heterocycles. The third-order valence-electron chi connectivity index (χ3n) is 7.80. The first-order valence-electron chi connectivity index (χ1n) is 16.0. The minimum Gasteiger partial charge on any atom is -0.365 e. The van der Waals surface area contributed by atoms with E-state index in [1.807, 2.05) is 30.3 Å². The summed E-state index contributed by atoms with van der Waals surface area (Å²) in [5, 5.41) is 8.36. The number of pyridine rings is 1. The van der Waals surface area contributed by atoms with Gasteiger partial charge in [0.1, 0.15) is 12.5 Å². The molecular formula is C34H53N7O3. The van der Waals surface area contributed by atoms with Gasteiger partial charge in [-0.3, -0.25) is 9.69 Å². The van der Waals surface area contributed by atoms with E-state index in [1.165, 1.54) is 56.3 Å². The summed E-state index contributed by atoms with van der Waals surface area (Å²) in [6.45, 7) is 8.19. The van der Waals surface area contributed by atoms with Crippen LogP contribution in [0.15, 0.2) is 36.5 Å². The number of anilines is 2. The minimum atomic E-state index is -0.629. The van der Waals surface area contributed by atoms with E-state index in [2.05, 4.69) is 36.2 Å². The van der Waals surface area contributed by atoms with Crippen LogP contribution in [0.4, 0.5) is 16.3 Å². The predicted molar refractivity (Wildman–Crippen MR) is 179 cm³/mol. The fourth-order valence-corrected chi connectivity index (χ4v) is 5.35. The van der Waals surface area contributed by atoms with Crippen molar-refractivity contribution in [3.63, 3.8) is 0 Å². The highest BCUT2D eigenvalue weighted by Crippen LogP contribution is 2.27. The van der Waals surface area contributed by atoms with Gasteiger partial charge in [0.25, 0.3) is 5.91 Å². The molecule has 0 fully saturated rings. The van der Waals surface area contributed by atoms with Crippen molar-refractivity contribution in [2.24, 2.45) is 11.1 Å². The molecule has 0 unspecified atom stereocenters. The first-order chi connectivity index (χ1) is 21.0. The van der Waals surface area contributed by atoms with E-state index >= 15 is 0 Å². The topological polar surface area (TPSA) is 119 Å². The van der Waals surface area contributed by atoms with E-state index in [0.717, 1.165) is 24.1 Å². The molecule has 44 heavy (non-hydrogen) atoms. The number of nitrogens with zero attached hydrogens (tertiary/aromatic N) is 5. The average Bonchev–Trinajstić information content (AvgIpc) is 3.36. The molecule has 2 aromatic heterocycles. The quantitative estimate of drug-likeness (QED) is 0.148. The van der Waals surface area contributed by atoms with Gasteiger partial charge in [-0.25, -0.2) is 14.5 Å². The van der Waals surface area contributed by atoms with Crippen LogP contribution in [0.2, 0.25) is 0 Å². The maximum absolute atomic E-state index is 12.6. The van der Waals surface area contributed by atoms with Crippen molar-refractivity contribution in [3.05, 3.63) is 47.8 Å². The van der Waals surface area contributed by atoms with Crippen LogP contribution in [0.5, 0.6) is 0 Å². The van der Waals surface area contributed by atoms with Crippen molar-refractivity contribution in [3.8, 4) is 0 Å². The summed E-state index contributed by atoms with van der Waals surface area (Å²) >= 11 is 0. The molecule has 0 radical (unpaired) electrons.